The van der Waals surface area contributed by atoms with Crippen molar-refractivity contribution in [1.29, 1.82) is 5.26 Å². The molecule has 0 saturated heterocycles. The van der Waals surface area contributed by atoms with Gasteiger partial charge in [0.05, 0.1) is 31.8 Å². The van der Waals surface area contributed by atoms with Crippen LogP contribution in [0.25, 0.3) is 0 Å². The molecule has 0 unspecified atom stereocenters. The Morgan fingerprint density at radius 2 is 1.74 bits per heavy atom. The van der Waals surface area contributed by atoms with Crippen molar-refractivity contribution < 1.29 is 22.6 Å². The van der Waals surface area contributed by atoms with Crippen molar-refractivity contribution >= 4 is 11.8 Å². The van der Waals surface area contributed by atoms with Gasteiger partial charge >= 0.3 is 6.18 Å². The van der Waals surface area contributed by atoms with Gasteiger partial charge in [0.25, 0.3) is 0 Å². The molecule has 0 bridgehead atoms. The van der Waals surface area contributed by atoms with Crippen LogP contribution in [0.1, 0.15) is 50.3 Å². The summed E-state index contributed by atoms with van der Waals surface area (Å²) < 4.78 is 50.9. The molecule has 0 spiro atoms. The molecule has 34 heavy (non-hydrogen) atoms. The first kappa shape index (κ1) is 24.8. The average molecular weight is 490 g/mol. The summed E-state index contributed by atoms with van der Waals surface area (Å²) in [5.41, 5.74) is 1.15. The molecule has 0 heterocycles. The smallest absolute Gasteiger partial charge is 0.416 e. The predicted molar refractivity (Wildman–Crippen MR) is 127 cm³/mol. The van der Waals surface area contributed by atoms with Gasteiger partial charge in [-0.05, 0) is 77.5 Å². The molecular weight excluding hydrogens is 459 g/mol. The molecule has 1 saturated carbocycles. The van der Waals surface area contributed by atoms with Crippen LogP contribution in [0.4, 0.5) is 13.2 Å². The zero-order chi connectivity index (χ0) is 24.9. The predicted octanol–water partition coefficient (Wildman–Crippen LogP) is 7.27. The molecule has 0 aromatic heterocycles. The summed E-state index contributed by atoms with van der Waals surface area (Å²) in [4.78, 5) is 0.618. The molecule has 4 rings (SSSR count). The second-order valence-electron chi connectivity index (χ2n) is 10.2. The van der Waals surface area contributed by atoms with E-state index in [-0.39, 0.29) is 27.9 Å². The molecule has 0 aliphatic heterocycles. The molecule has 2 aromatic rings. The fourth-order valence-electron chi connectivity index (χ4n) is 6.46. The number of nitrogens with zero attached hydrogens (tertiary/aromatic N) is 1. The number of rotatable bonds is 4. The minimum Gasteiger partial charge on any atom is -0.493 e. The third-order valence-electron chi connectivity index (χ3n) is 7.92. The molecular formula is C27H30F3NO2S. The topological polar surface area (TPSA) is 42.2 Å². The molecule has 2 aliphatic rings. The van der Waals surface area contributed by atoms with Gasteiger partial charge in [-0.15, -0.1) is 11.8 Å². The van der Waals surface area contributed by atoms with E-state index in [1.165, 1.54) is 29.5 Å². The summed E-state index contributed by atoms with van der Waals surface area (Å²) in [5.74, 6) is 1.19. The van der Waals surface area contributed by atoms with Gasteiger partial charge in [0.1, 0.15) is 0 Å². The number of halogens is 3. The quantitative estimate of drug-likeness (QED) is 0.453. The first-order valence-corrected chi connectivity index (χ1v) is 12.3. The first-order chi connectivity index (χ1) is 16.0. The lowest BCUT2D eigenvalue weighted by atomic mass is 9.47. The molecule has 3 nitrogen and oxygen atoms in total. The molecule has 182 valence electrons. The second-order valence-corrected chi connectivity index (χ2v) is 11.5. The van der Waals surface area contributed by atoms with E-state index in [1.807, 2.05) is 6.07 Å². The Bertz CT molecular complexity index is 1120. The Balaban J connectivity index is 1.73. The van der Waals surface area contributed by atoms with Gasteiger partial charge in [-0.2, -0.15) is 18.4 Å². The van der Waals surface area contributed by atoms with Crippen LogP contribution >= 0.6 is 11.8 Å². The maximum absolute atomic E-state index is 13.3. The lowest BCUT2D eigenvalue weighted by Crippen LogP contribution is -2.56. The van der Waals surface area contributed by atoms with E-state index in [0.717, 1.165) is 24.5 Å². The monoisotopic (exact) mass is 489 g/mol. The highest BCUT2D eigenvalue weighted by molar-refractivity contribution is 8.00. The molecule has 0 radical (unpaired) electrons. The van der Waals surface area contributed by atoms with Gasteiger partial charge in [-0.25, -0.2) is 0 Å². The number of hydrogen-bond acceptors (Lipinski definition) is 4. The van der Waals surface area contributed by atoms with Crippen molar-refractivity contribution in [2.75, 3.05) is 14.2 Å². The van der Waals surface area contributed by atoms with Crippen LogP contribution in [0.15, 0.2) is 41.3 Å². The van der Waals surface area contributed by atoms with Crippen molar-refractivity contribution in [3.05, 3.63) is 53.1 Å². The summed E-state index contributed by atoms with van der Waals surface area (Å²) in [7, 11) is 3.23. The van der Waals surface area contributed by atoms with Crippen LogP contribution in [-0.4, -0.2) is 19.5 Å². The largest absolute Gasteiger partial charge is 0.493 e. The van der Waals surface area contributed by atoms with Crippen molar-refractivity contribution in [2.24, 2.45) is 17.3 Å². The summed E-state index contributed by atoms with van der Waals surface area (Å²) in [6, 6.07) is 12.2. The number of nitriles is 1. The van der Waals surface area contributed by atoms with Gasteiger partial charge in [-0.1, -0.05) is 26.8 Å². The maximum atomic E-state index is 13.3. The standard InChI is InChI=1S/C27H30F3NO2S/c1-25(2)23(34-19-8-6-7-18(13-19)27(28,29)30)9-10-26(3)20-14-22(33-5)21(32-4)12-16(20)11-17(15-31)24(25)26/h6-8,12-14,17,23-24H,9-11H2,1-5H3/t17-,23-,24-,26+/m0/s1. The SMILES string of the molecule is COc1cc2c(cc1OC)[C@@]1(C)CC[C@H](Sc3cccc(C(F)(F)F)c3)C(C)(C)[C@@H]1[C@H](C#N)C2. The number of hydrogen-bond donors (Lipinski definition) is 0. The summed E-state index contributed by atoms with van der Waals surface area (Å²) in [5, 5.41) is 10.3. The zero-order valence-corrected chi connectivity index (χ0v) is 20.9. The van der Waals surface area contributed by atoms with Crippen LogP contribution in [0.3, 0.4) is 0 Å². The van der Waals surface area contributed by atoms with Crippen molar-refractivity contribution in [3.8, 4) is 17.6 Å². The van der Waals surface area contributed by atoms with Gasteiger partial charge < -0.3 is 9.47 Å². The number of benzene rings is 2. The van der Waals surface area contributed by atoms with E-state index in [0.29, 0.717) is 22.8 Å². The van der Waals surface area contributed by atoms with Crippen LogP contribution in [-0.2, 0) is 18.0 Å². The summed E-state index contributed by atoms with van der Waals surface area (Å²) in [6.45, 7) is 6.59. The third kappa shape index (κ3) is 4.04. The Labute approximate surface area is 203 Å². The van der Waals surface area contributed by atoms with E-state index in [1.54, 1.807) is 20.3 Å². The Hall–Kier alpha value is -2.33. The molecule has 2 aliphatic carbocycles. The van der Waals surface area contributed by atoms with Crippen LogP contribution in [0.2, 0.25) is 0 Å². The van der Waals surface area contributed by atoms with Gasteiger partial charge in [0, 0.05) is 10.1 Å². The minimum atomic E-state index is -4.36. The first-order valence-electron chi connectivity index (χ1n) is 11.4. The van der Waals surface area contributed by atoms with Gasteiger partial charge in [0.15, 0.2) is 11.5 Å². The fourth-order valence-corrected chi connectivity index (χ4v) is 7.83. The Morgan fingerprint density at radius 3 is 2.35 bits per heavy atom. The number of fused-ring (bicyclic) bond motifs is 3. The van der Waals surface area contributed by atoms with Gasteiger partial charge in [-0.3, -0.25) is 0 Å². The molecule has 0 N–H and O–H groups in total. The Kier molecular flexibility index (Phi) is 6.35. The normalized spacial score (nSPS) is 27.8. The fraction of sp³-hybridized carbons (Fsp3) is 0.519. The summed E-state index contributed by atoms with van der Waals surface area (Å²) in [6.07, 6.45) is -2.06. The molecule has 1 fully saturated rings. The lowest BCUT2D eigenvalue weighted by Gasteiger charge is -2.58. The number of ether oxygens (including phenoxy) is 2. The third-order valence-corrected chi connectivity index (χ3v) is 9.57. The highest BCUT2D eigenvalue weighted by atomic mass is 32.2. The highest BCUT2D eigenvalue weighted by Crippen LogP contribution is 2.62. The second kappa shape index (κ2) is 8.71. The van der Waals surface area contributed by atoms with E-state index >= 15 is 0 Å². The lowest BCUT2D eigenvalue weighted by molar-refractivity contribution is -0.137. The van der Waals surface area contributed by atoms with E-state index < -0.39 is 11.7 Å². The van der Waals surface area contributed by atoms with Crippen molar-refractivity contribution in [3.63, 3.8) is 0 Å². The van der Waals surface area contributed by atoms with Crippen LogP contribution in [0, 0.1) is 28.6 Å². The minimum absolute atomic E-state index is 0.0487. The zero-order valence-electron chi connectivity index (χ0n) is 20.1. The maximum Gasteiger partial charge on any atom is 0.416 e. The molecule has 4 atom stereocenters. The summed E-state index contributed by atoms with van der Waals surface area (Å²) >= 11 is 1.51. The molecule has 2 aromatic carbocycles. The highest BCUT2D eigenvalue weighted by Gasteiger charge is 2.57. The number of methoxy groups -OCH3 is 2. The van der Waals surface area contributed by atoms with Gasteiger partial charge in [0.2, 0.25) is 0 Å². The molecule has 7 heteroatoms. The van der Waals surface area contributed by atoms with Crippen LogP contribution in [0.5, 0.6) is 11.5 Å². The van der Waals surface area contributed by atoms with E-state index in [9.17, 15) is 18.4 Å². The van der Waals surface area contributed by atoms with Crippen molar-refractivity contribution in [1.82, 2.24) is 0 Å². The van der Waals surface area contributed by atoms with Crippen molar-refractivity contribution in [2.45, 2.75) is 61.8 Å². The van der Waals surface area contributed by atoms with E-state index in [4.69, 9.17) is 9.47 Å². The number of thioether (sulfide) groups is 1. The molecule has 0 amide bonds. The van der Waals surface area contributed by atoms with E-state index in [2.05, 4.69) is 32.9 Å². The van der Waals surface area contributed by atoms with Crippen LogP contribution < -0.4 is 9.47 Å². The average Bonchev–Trinajstić information content (AvgIpc) is 2.79. The number of alkyl halides is 3. The Morgan fingerprint density at radius 1 is 1.06 bits per heavy atom.